The fourth-order valence-electron chi connectivity index (χ4n) is 1.73. The number of β-amino-alcohol motifs (C(OH)–C–C–N with tert-alkyl or cyclic N) is 1. The van der Waals surface area contributed by atoms with E-state index in [1.807, 2.05) is 13.8 Å². The maximum absolute atomic E-state index is 12.1. The first-order valence-electron chi connectivity index (χ1n) is 5.29. The molecule has 0 aliphatic carbocycles. The minimum Gasteiger partial charge on any atom is -0.387 e. The van der Waals surface area contributed by atoms with Gasteiger partial charge in [0.25, 0.3) is 0 Å². The van der Waals surface area contributed by atoms with Crippen molar-refractivity contribution in [3.05, 3.63) is 6.20 Å². The highest BCUT2D eigenvalue weighted by Crippen LogP contribution is 2.33. The summed E-state index contributed by atoms with van der Waals surface area (Å²) in [5.74, 6) is 0.0284. The number of aromatic amines is 1. The Kier molecular flexibility index (Phi) is 2.68. The predicted octanol–water partition coefficient (Wildman–Crippen LogP) is -0.617. The van der Waals surface area contributed by atoms with Gasteiger partial charge in [0, 0.05) is 13.1 Å². The summed E-state index contributed by atoms with van der Waals surface area (Å²) in [6.45, 7) is 3.90. The molecule has 0 saturated carbocycles. The summed E-state index contributed by atoms with van der Waals surface area (Å²) in [7, 11) is -3.64. The van der Waals surface area contributed by atoms with Crippen LogP contribution in [0.15, 0.2) is 11.1 Å². The second kappa shape index (κ2) is 3.69. The number of nitrogen functional groups attached to an aromatic ring is 1. The maximum atomic E-state index is 12.1. The van der Waals surface area contributed by atoms with Crippen LogP contribution in [0.3, 0.4) is 0 Å². The molecule has 0 amide bonds. The summed E-state index contributed by atoms with van der Waals surface area (Å²) in [5.41, 5.74) is 4.55. The first kappa shape index (κ1) is 12.3. The van der Waals surface area contributed by atoms with Gasteiger partial charge in [-0.25, -0.2) is 8.42 Å². The molecule has 4 N–H and O–H groups in total. The van der Waals surface area contributed by atoms with E-state index < -0.39 is 15.6 Å². The summed E-state index contributed by atoms with van der Waals surface area (Å²) in [4.78, 5) is -0.0386. The lowest BCUT2D eigenvalue weighted by atomic mass is 9.85. The van der Waals surface area contributed by atoms with Crippen LogP contribution in [0.4, 0.5) is 5.82 Å². The van der Waals surface area contributed by atoms with Gasteiger partial charge in [-0.1, -0.05) is 13.8 Å². The fraction of sp³-hybridized carbons (Fsp3) is 0.667. The smallest absolute Gasteiger partial charge is 0.248 e. The molecule has 0 unspecified atom stereocenters. The lowest BCUT2D eigenvalue weighted by molar-refractivity contribution is -0.0932. The molecule has 1 aliphatic heterocycles. The van der Waals surface area contributed by atoms with E-state index in [-0.39, 0.29) is 29.7 Å². The van der Waals surface area contributed by atoms with Crippen LogP contribution < -0.4 is 5.73 Å². The first-order chi connectivity index (χ1) is 7.77. The van der Waals surface area contributed by atoms with Crippen molar-refractivity contribution in [3.63, 3.8) is 0 Å². The lowest BCUT2D eigenvalue weighted by Crippen LogP contribution is -2.65. The molecule has 1 aliphatic rings. The van der Waals surface area contributed by atoms with Crippen molar-refractivity contribution in [1.82, 2.24) is 14.5 Å². The maximum Gasteiger partial charge on any atom is 0.248 e. The third-order valence-electron chi connectivity index (χ3n) is 3.23. The molecule has 2 rings (SSSR count). The van der Waals surface area contributed by atoms with Crippen molar-refractivity contribution in [2.24, 2.45) is 5.92 Å². The van der Waals surface area contributed by atoms with Crippen molar-refractivity contribution < 1.29 is 13.5 Å². The van der Waals surface area contributed by atoms with E-state index in [1.165, 1.54) is 10.5 Å². The van der Waals surface area contributed by atoms with Crippen molar-refractivity contribution in [3.8, 4) is 0 Å². The molecule has 17 heavy (non-hydrogen) atoms. The number of aromatic nitrogens is 2. The molecular formula is C9H16N4O3S. The van der Waals surface area contributed by atoms with Gasteiger partial charge in [0.1, 0.15) is 10.7 Å². The molecular weight excluding hydrogens is 244 g/mol. The SMILES string of the molecule is CC(C)C1(O)CN(S(=O)(=O)c2cn[nH]c2N)C1. The minimum absolute atomic E-state index is 0.00986. The van der Waals surface area contributed by atoms with Gasteiger partial charge in [0.05, 0.1) is 11.8 Å². The number of nitrogens with two attached hydrogens (primary N) is 1. The molecule has 2 heterocycles. The number of hydrogen-bond donors (Lipinski definition) is 3. The summed E-state index contributed by atoms with van der Waals surface area (Å²) < 4.78 is 25.4. The quantitative estimate of drug-likeness (QED) is 0.670. The predicted molar refractivity (Wildman–Crippen MR) is 61.5 cm³/mol. The van der Waals surface area contributed by atoms with E-state index in [4.69, 9.17) is 5.73 Å². The average Bonchev–Trinajstić information content (AvgIpc) is 2.59. The molecule has 0 bridgehead atoms. The van der Waals surface area contributed by atoms with Crippen LogP contribution in [0.5, 0.6) is 0 Å². The molecule has 1 saturated heterocycles. The number of sulfonamides is 1. The summed E-state index contributed by atoms with van der Waals surface area (Å²) >= 11 is 0. The molecule has 96 valence electrons. The van der Waals surface area contributed by atoms with Gasteiger partial charge in [-0.05, 0) is 5.92 Å². The Hall–Kier alpha value is -1.12. The highest BCUT2D eigenvalue weighted by Gasteiger charge is 2.49. The molecule has 8 heteroatoms. The highest BCUT2D eigenvalue weighted by atomic mass is 32.2. The van der Waals surface area contributed by atoms with Crippen LogP contribution in [0.2, 0.25) is 0 Å². The zero-order valence-electron chi connectivity index (χ0n) is 9.71. The number of nitrogens with one attached hydrogen (secondary N) is 1. The van der Waals surface area contributed by atoms with Gasteiger partial charge in [-0.15, -0.1) is 0 Å². The van der Waals surface area contributed by atoms with E-state index in [0.717, 1.165) is 0 Å². The van der Waals surface area contributed by atoms with Crippen LogP contribution in [-0.2, 0) is 10.0 Å². The van der Waals surface area contributed by atoms with Crippen molar-refractivity contribution in [2.75, 3.05) is 18.8 Å². The Bertz CT molecular complexity index is 516. The number of anilines is 1. The monoisotopic (exact) mass is 260 g/mol. The van der Waals surface area contributed by atoms with Gasteiger partial charge in [0.15, 0.2) is 0 Å². The molecule has 1 aromatic rings. The van der Waals surface area contributed by atoms with Crippen LogP contribution in [0.1, 0.15) is 13.8 Å². The Morgan fingerprint density at radius 1 is 1.59 bits per heavy atom. The summed E-state index contributed by atoms with van der Waals surface area (Å²) in [6, 6.07) is 0. The second-order valence-corrected chi connectivity index (χ2v) is 6.59. The average molecular weight is 260 g/mol. The Morgan fingerprint density at radius 3 is 2.59 bits per heavy atom. The van der Waals surface area contributed by atoms with Crippen molar-refractivity contribution >= 4 is 15.8 Å². The topological polar surface area (TPSA) is 112 Å². The molecule has 1 fully saturated rings. The van der Waals surface area contributed by atoms with Gasteiger partial charge < -0.3 is 10.8 Å². The number of H-pyrrole nitrogens is 1. The molecule has 0 aromatic carbocycles. The standard InChI is InChI=1S/C9H16N4O3S/c1-6(2)9(14)4-13(5-9)17(15,16)7-3-11-12-8(7)10/h3,6,14H,4-5H2,1-2H3,(H3,10,11,12). The molecule has 0 radical (unpaired) electrons. The summed E-state index contributed by atoms with van der Waals surface area (Å²) in [5, 5.41) is 16.0. The lowest BCUT2D eigenvalue weighted by Gasteiger charge is -2.47. The third-order valence-corrected chi connectivity index (χ3v) is 5.04. The van der Waals surface area contributed by atoms with Gasteiger partial charge >= 0.3 is 0 Å². The number of hydrogen-bond acceptors (Lipinski definition) is 5. The third kappa shape index (κ3) is 1.81. The van der Waals surface area contributed by atoms with E-state index in [0.29, 0.717) is 0 Å². The molecule has 0 atom stereocenters. The minimum atomic E-state index is -3.64. The normalized spacial score (nSPS) is 20.5. The van der Waals surface area contributed by atoms with Crippen LogP contribution in [0, 0.1) is 5.92 Å². The number of nitrogens with zero attached hydrogens (tertiary/aromatic N) is 2. The summed E-state index contributed by atoms with van der Waals surface area (Å²) in [6.07, 6.45) is 1.18. The molecule has 0 spiro atoms. The Labute approximate surface area is 99.7 Å². The Morgan fingerprint density at radius 2 is 2.18 bits per heavy atom. The number of rotatable bonds is 3. The molecule has 7 nitrogen and oxygen atoms in total. The fourth-order valence-corrected chi connectivity index (χ4v) is 3.30. The van der Waals surface area contributed by atoms with Crippen molar-refractivity contribution in [2.45, 2.75) is 24.3 Å². The zero-order chi connectivity index (χ0) is 12.8. The van der Waals surface area contributed by atoms with Gasteiger partial charge in [-0.2, -0.15) is 9.40 Å². The van der Waals surface area contributed by atoms with Crippen molar-refractivity contribution in [1.29, 1.82) is 0 Å². The number of aliphatic hydroxyl groups is 1. The Balaban J connectivity index is 2.20. The largest absolute Gasteiger partial charge is 0.387 e. The van der Waals surface area contributed by atoms with Crippen LogP contribution in [-0.4, -0.2) is 46.7 Å². The van der Waals surface area contributed by atoms with E-state index >= 15 is 0 Å². The van der Waals surface area contributed by atoms with E-state index in [2.05, 4.69) is 10.2 Å². The van der Waals surface area contributed by atoms with Gasteiger partial charge in [0.2, 0.25) is 10.0 Å². The zero-order valence-corrected chi connectivity index (χ0v) is 10.5. The van der Waals surface area contributed by atoms with Gasteiger partial charge in [-0.3, -0.25) is 5.10 Å². The first-order valence-corrected chi connectivity index (χ1v) is 6.73. The molecule has 1 aromatic heterocycles. The highest BCUT2D eigenvalue weighted by molar-refractivity contribution is 7.89. The van der Waals surface area contributed by atoms with E-state index in [9.17, 15) is 13.5 Å². The van der Waals surface area contributed by atoms with Crippen LogP contribution >= 0.6 is 0 Å². The van der Waals surface area contributed by atoms with Crippen LogP contribution in [0.25, 0.3) is 0 Å². The van der Waals surface area contributed by atoms with E-state index in [1.54, 1.807) is 0 Å². The second-order valence-electron chi connectivity index (χ2n) is 4.68.